The Balaban J connectivity index is 1.67. The molecule has 2 fully saturated rings. The van der Waals surface area contributed by atoms with Gasteiger partial charge in [-0.3, -0.25) is 9.48 Å². The van der Waals surface area contributed by atoms with Crippen molar-refractivity contribution in [3.05, 3.63) is 17.5 Å². The molecule has 0 aliphatic carbocycles. The smallest absolute Gasteiger partial charge is 0.257 e. The monoisotopic (exact) mass is 348 g/mol. The second kappa shape index (κ2) is 8.81. The first-order valence-electron chi connectivity index (χ1n) is 9.84. The van der Waals surface area contributed by atoms with Crippen molar-refractivity contribution in [2.75, 3.05) is 39.4 Å². The third-order valence-electron chi connectivity index (χ3n) is 5.47. The van der Waals surface area contributed by atoms with Crippen LogP contribution in [0.15, 0.2) is 6.20 Å². The van der Waals surface area contributed by atoms with Crippen molar-refractivity contribution in [3.8, 4) is 0 Å². The van der Waals surface area contributed by atoms with Crippen LogP contribution in [0.3, 0.4) is 0 Å². The molecule has 2 aliphatic heterocycles. The van der Waals surface area contributed by atoms with Gasteiger partial charge >= 0.3 is 0 Å². The molecule has 6 heteroatoms. The van der Waals surface area contributed by atoms with Gasteiger partial charge in [-0.2, -0.15) is 5.10 Å². The molecule has 0 spiro atoms. The van der Waals surface area contributed by atoms with Crippen molar-refractivity contribution in [2.24, 2.45) is 0 Å². The van der Waals surface area contributed by atoms with E-state index in [2.05, 4.69) is 14.9 Å². The number of aromatic nitrogens is 2. The lowest BCUT2D eigenvalue weighted by atomic mass is 10.0. The van der Waals surface area contributed by atoms with Crippen LogP contribution in [0.5, 0.6) is 0 Å². The molecular weight excluding hydrogens is 316 g/mol. The summed E-state index contributed by atoms with van der Waals surface area (Å²) >= 11 is 0. The summed E-state index contributed by atoms with van der Waals surface area (Å²) in [5, 5.41) is 4.46. The number of carbonyl (C=O) groups excluding carboxylic acids is 1. The summed E-state index contributed by atoms with van der Waals surface area (Å²) in [5.74, 6) is 0.144. The SMILES string of the molecule is CCn1cc(C(=O)N(CCCN2CCCC2)C2CCOCC2)c(C)n1. The highest BCUT2D eigenvalue weighted by Crippen LogP contribution is 2.20. The molecule has 3 heterocycles. The lowest BCUT2D eigenvalue weighted by Crippen LogP contribution is -2.44. The fourth-order valence-corrected chi connectivity index (χ4v) is 3.96. The average Bonchev–Trinajstić information content (AvgIpc) is 3.28. The Labute approximate surface area is 151 Å². The van der Waals surface area contributed by atoms with Crippen LogP contribution in [-0.2, 0) is 11.3 Å². The minimum absolute atomic E-state index is 0.144. The van der Waals surface area contributed by atoms with Crippen LogP contribution in [0, 0.1) is 6.92 Å². The summed E-state index contributed by atoms with van der Waals surface area (Å²) in [5.41, 5.74) is 1.60. The maximum absolute atomic E-state index is 13.2. The summed E-state index contributed by atoms with van der Waals surface area (Å²) < 4.78 is 7.36. The van der Waals surface area contributed by atoms with E-state index in [-0.39, 0.29) is 5.91 Å². The van der Waals surface area contributed by atoms with Crippen molar-refractivity contribution in [2.45, 2.75) is 58.5 Å². The molecule has 25 heavy (non-hydrogen) atoms. The fourth-order valence-electron chi connectivity index (χ4n) is 3.96. The average molecular weight is 348 g/mol. The Bertz CT molecular complexity index is 560. The molecule has 1 aromatic rings. The van der Waals surface area contributed by atoms with E-state index in [0.717, 1.165) is 63.4 Å². The number of likely N-dealkylation sites (tertiary alicyclic amines) is 1. The molecule has 0 bridgehead atoms. The van der Waals surface area contributed by atoms with Gasteiger partial charge in [0.2, 0.25) is 0 Å². The number of ether oxygens (including phenoxy) is 1. The number of nitrogens with zero attached hydrogens (tertiary/aromatic N) is 4. The van der Waals surface area contributed by atoms with Gasteiger partial charge in [-0.15, -0.1) is 0 Å². The van der Waals surface area contributed by atoms with Gasteiger partial charge in [0, 0.05) is 38.5 Å². The van der Waals surface area contributed by atoms with E-state index in [0.29, 0.717) is 6.04 Å². The van der Waals surface area contributed by atoms with Crippen molar-refractivity contribution in [1.29, 1.82) is 0 Å². The standard InChI is InChI=1S/C19H32N4O2/c1-3-22-15-18(16(2)20-22)19(24)23(17-7-13-25-14-8-17)12-6-11-21-9-4-5-10-21/h15,17H,3-14H2,1-2H3. The maximum atomic E-state index is 13.2. The number of hydrogen-bond acceptors (Lipinski definition) is 4. The predicted molar refractivity (Wildman–Crippen MR) is 97.8 cm³/mol. The highest BCUT2D eigenvalue weighted by Gasteiger charge is 2.28. The molecule has 0 radical (unpaired) electrons. The van der Waals surface area contributed by atoms with Crippen LogP contribution in [-0.4, -0.2) is 70.9 Å². The minimum Gasteiger partial charge on any atom is -0.381 e. The van der Waals surface area contributed by atoms with Gasteiger partial charge in [0.05, 0.1) is 11.3 Å². The van der Waals surface area contributed by atoms with Gasteiger partial charge < -0.3 is 14.5 Å². The zero-order valence-electron chi connectivity index (χ0n) is 15.7. The first-order chi connectivity index (χ1) is 12.2. The first-order valence-corrected chi connectivity index (χ1v) is 9.84. The zero-order chi connectivity index (χ0) is 17.6. The van der Waals surface area contributed by atoms with Gasteiger partial charge in [0.25, 0.3) is 5.91 Å². The van der Waals surface area contributed by atoms with Crippen LogP contribution in [0.25, 0.3) is 0 Å². The molecule has 0 N–H and O–H groups in total. The molecule has 0 atom stereocenters. The molecule has 140 valence electrons. The lowest BCUT2D eigenvalue weighted by Gasteiger charge is -2.34. The normalized spacial score (nSPS) is 19.4. The summed E-state index contributed by atoms with van der Waals surface area (Å²) in [6.07, 6.45) is 7.47. The summed E-state index contributed by atoms with van der Waals surface area (Å²) in [6.45, 7) is 10.7. The van der Waals surface area contributed by atoms with Crippen molar-refractivity contribution >= 4 is 5.91 Å². The predicted octanol–water partition coefficient (Wildman–Crippen LogP) is 2.32. The van der Waals surface area contributed by atoms with Crippen LogP contribution in [0.2, 0.25) is 0 Å². The van der Waals surface area contributed by atoms with E-state index in [1.165, 1.54) is 25.9 Å². The highest BCUT2D eigenvalue weighted by molar-refractivity contribution is 5.95. The van der Waals surface area contributed by atoms with Crippen LogP contribution < -0.4 is 0 Å². The van der Waals surface area contributed by atoms with E-state index >= 15 is 0 Å². The second-order valence-electron chi connectivity index (χ2n) is 7.23. The zero-order valence-corrected chi connectivity index (χ0v) is 15.7. The summed E-state index contributed by atoms with van der Waals surface area (Å²) in [6, 6.07) is 0.296. The van der Waals surface area contributed by atoms with Crippen LogP contribution in [0.4, 0.5) is 0 Å². The fraction of sp³-hybridized carbons (Fsp3) is 0.789. The Morgan fingerprint density at radius 3 is 2.68 bits per heavy atom. The van der Waals surface area contributed by atoms with Gasteiger partial charge in [-0.05, 0) is 65.6 Å². The molecular formula is C19H32N4O2. The molecule has 2 aliphatic rings. The molecule has 6 nitrogen and oxygen atoms in total. The Kier molecular flexibility index (Phi) is 6.48. The van der Waals surface area contributed by atoms with E-state index in [1.54, 1.807) is 0 Å². The van der Waals surface area contributed by atoms with E-state index in [1.807, 2.05) is 24.7 Å². The van der Waals surface area contributed by atoms with Crippen molar-refractivity contribution < 1.29 is 9.53 Å². The molecule has 0 unspecified atom stereocenters. The van der Waals surface area contributed by atoms with Crippen LogP contribution >= 0.6 is 0 Å². The molecule has 2 saturated heterocycles. The van der Waals surface area contributed by atoms with Crippen molar-refractivity contribution in [1.82, 2.24) is 19.6 Å². The molecule has 0 saturated carbocycles. The van der Waals surface area contributed by atoms with Gasteiger partial charge in [0.15, 0.2) is 0 Å². The Morgan fingerprint density at radius 1 is 1.32 bits per heavy atom. The lowest BCUT2D eigenvalue weighted by molar-refractivity contribution is 0.0281. The van der Waals surface area contributed by atoms with E-state index in [9.17, 15) is 4.79 Å². The molecule has 1 amide bonds. The molecule has 3 rings (SSSR count). The Hall–Kier alpha value is -1.40. The Morgan fingerprint density at radius 2 is 2.04 bits per heavy atom. The highest BCUT2D eigenvalue weighted by atomic mass is 16.5. The van der Waals surface area contributed by atoms with Crippen LogP contribution in [0.1, 0.15) is 55.1 Å². The number of amides is 1. The van der Waals surface area contributed by atoms with Gasteiger partial charge in [-0.1, -0.05) is 0 Å². The molecule has 0 aromatic carbocycles. The third kappa shape index (κ3) is 4.61. The number of hydrogen-bond donors (Lipinski definition) is 0. The number of aryl methyl sites for hydroxylation is 2. The largest absolute Gasteiger partial charge is 0.381 e. The van der Waals surface area contributed by atoms with Gasteiger partial charge in [-0.25, -0.2) is 0 Å². The summed E-state index contributed by atoms with van der Waals surface area (Å²) in [7, 11) is 0. The number of carbonyl (C=O) groups is 1. The van der Waals surface area contributed by atoms with E-state index in [4.69, 9.17) is 4.74 Å². The second-order valence-corrected chi connectivity index (χ2v) is 7.23. The quantitative estimate of drug-likeness (QED) is 0.759. The van der Waals surface area contributed by atoms with Gasteiger partial charge in [0.1, 0.15) is 0 Å². The third-order valence-corrected chi connectivity index (χ3v) is 5.47. The van der Waals surface area contributed by atoms with E-state index < -0.39 is 0 Å². The first kappa shape index (κ1) is 18.4. The van der Waals surface area contributed by atoms with Crippen molar-refractivity contribution in [3.63, 3.8) is 0 Å². The maximum Gasteiger partial charge on any atom is 0.257 e. The molecule has 1 aromatic heterocycles. The topological polar surface area (TPSA) is 50.6 Å². The minimum atomic E-state index is 0.144. The summed E-state index contributed by atoms with van der Waals surface area (Å²) in [4.78, 5) is 17.9. The number of rotatable bonds is 7.